The summed E-state index contributed by atoms with van der Waals surface area (Å²) in [4.78, 5) is 14.5. The molecule has 7 heteroatoms. The molecule has 4 rings (SSSR count). The lowest BCUT2D eigenvalue weighted by atomic mass is 10.0. The van der Waals surface area contributed by atoms with Crippen molar-refractivity contribution in [3.63, 3.8) is 0 Å². The number of benzene rings is 1. The highest BCUT2D eigenvalue weighted by Crippen LogP contribution is 2.32. The molecule has 0 unspecified atom stereocenters. The minimum atomic E-state index is -2.63. The Morgan fingerprint density at radius 1 is 1.16 bits per heavy atom. The maximum absolute atomic E-state index is 13.1. The van der Waals surface area contributed by atoms with Gasteiger partial charge in [0.05, 0.1) is 37.1 Å². The summed E-state index contributed by atoms with van der Waals surface area (Å²) in [5, 5.41) is 0. The second-order valence-electron chi connectivity index (χ2n) is 6.62. The number of halogens is 2. The van der Waals surface area contributed by atoms with Gasteiger partial charge in [-0.15, -0.1) is 0 Å². The second-order valence-corrected chi connectivity index (χ2v) is 6.62. The maximum Gasteiger partial charge on any atom is 0.282 e. The van der Waals surface area contributed by atoms with Crippen molar-refractivity contribution in [3.8, 4) is 5.75 Å². The van der Waals surface area contributed by atoms with Gasteiger partial charge in [0.1, 0.15) is 17.9 Å². The number of alkyl halides is 2. The molecule has 0 bridgehead atoms. The number of anilines is 1. The van der Waals surface area contributed by atoms with Crippen molar-refractivity contribution in [2.24, 2.45) is 4.99 Å². The van der Waals surface area contributed by atoms with E-state index < -0.39 is 5.92 Å². The van der Waals surface area contributed by atoms with Gasteiger partial charge in [-0.1, -0.05) is 6.07 Å². The summed E-state index contributed by atoms with van der Waals surface area (Å²) in [6.07, 6.45) is 1.48. The van der Waals surface area contributed by atoms with Crippen molar-refractivity contribution in [3.05, 3.63) is 47.4 Å². The lowest BCUT2D eigenvalue weighted by molar-refractivity contribution is -0.0267. The Kier molecular flexibility index (Phi) is 3.67. The summed E-state index contributed by atoms with van der Waals surface area (Å²) in [7, 11) is 0. The Hall–Kier alpha value is -2.57. The first kappa shape index (κ1) is 15.9. The van der Waals surface area contributed by atoms with Crippen LogP contribution in [0.15, 0.2) is 35.6 Å². The van der Waals surface area contributed by atoms with Gasteiger partial charge in [0.25, 0.3) is 5.92 Å². The number of rotatable bonds is 4. The van der Waals surface area contributed by atoms with Crippen LogP contribution >= 0.6 is 0 Å². The highest BCUT2D eigenvalue weighted by molar-refractivity contribution is 6.14. The van der Waals surface area contributed by atoms with Crippen LogP contribution in [-0.2, 0) is 6.54 Å². The lowest BCUT2D eigenvalue weighted by Gasteiger charge is -2.39. The average Bonchev–Trinajstić information content (AvgIpc) is 2.95. The predicted molar refractivity (Wildman–Crippen MR) is 90.7 cm³/mol. The zero-order chi connectivity index (χ0) is 17.6. The van der Waals surface area contributed by atoms with Crippen LogP contribution in [0.3, 0.4) is 0 Å². The van der Waals surface area contributed by atoms with Crippen molar-refractivity contribution in [2.45, 2.75) is 32.4 Å². The molecule has 25 heavy (non-hydrogen) atoms. The fraction of sp³-hybridized carbons (Fsp3) is 0.389. The first-order valence-electron chi connectivity index (χ1n) is 8.21. The lowest BCUT2D eigenvalue weighted by Crippen LogP contribution is -2.56. The van der Waals surface area contributed by atoms with Crippen LogP contribution in [0.1, 0.15) is 30.7 Å². The normalized spacial score (nSPS) is 18.0. The van der Waals surface area contributed by atoms with E-state index in [-0.39, 0.29) is 19.2 Å². The number of fused-ring (bicyclic) bond motifs is 1. The van der Waals surface area contributed by atoms with Crippen LogP contribution in [0, 0.1) is 0 Å². The summed E-state index contributed by atoms with van der Waals surface area (Å²) in [6, 6.07) is 7.62. The van der Waals surface area contributed by atoms with E-state index in [1.807, 2.05) is 32.0 Å². The quantitative estimate of drug-likeness (QED) is 0.855. The minimum Gasteiger partial charge on any atom is -0.491 e. The number of aromatic nitrogens is 2. The largest absolute Gasteiger partial charge is 0.491 e. The van der Waals surface area contributed by atoms with E-state index >= 15 is 0 Å². The smallest absolute Gasteiger partial charge is 0.282 e. The van der Waals surface area contributed by atoms with E-state index in [0.29, 0.717) is 18.1 Å². The fourth-order valence-electron chi connectivity index (χ4n) is 3.05. The molecule has 2 aliphatic rings. The number of nitrogens with zero attached hydrogens (tertiary/aromatic N) is 4. The van der Waals surface area contributed by atoms with Crippen LogP contribution in [0.2, 0.25) is 0 Å². The Bertz CT molecular complexity index is 843. The summed E-state index contributed by atoms with van der Waals surface area (Å²) in [5.74, 6) is -1.35. The molecule has 2 aliphatic heterocycles. The second kappa shape index (κ2) is 5.75. The average molecular weight is 344 g/mol. The van der Waals surface area contributed by atoms with Gasteiger partial charge in [0, 0.05) is 11.6 Å². The first-order chi connectivity index (χ1) is 11.9. The molecule has 0 spiro atoms. The maximum atomic E-state index is 13.1. The van der Waals surface area contributed by atoms with Crippen LogP contribution in [0.4, 0.5) is 14.6 Å². The van der Waals surface area contributed by atoms with Gasteiger partial charge < -0.3 is 9.64 Å². The summed E-state index contributed by atoms with van der Waals surface area (Å²) >= 11 is 0. The SMILES string of the molecule is CC(C)Oc1ccc2c(c1)C(c1cc(N3CC(F)(F)C3)ncn1)=NC2. The summed E-state index contributed by atoms with van der Waals surface area (Å²) in [6.45, 7) is 3.91. The molecule has 1 saturated heterocycles. The fourth-order valence-corrected chi connectivity index (χ4v) is 3.05. The molecule has 0 aliphatic carbocycles. The highest BCUT2D eigenvalue weighted by atomic mass is 19.3. The Balaban J connectivity index is 1.62. The van der Waals surface area contributed by atoms with Gasteiger partial charge in [-0.25, -0.2) is 18.7 Å². The number of ether oxygens (including phenoxy) is 1. The Labute approximate surface area is 144 Å². The van der Waals surface area contributed by atoms with Gasteiger partial charge in [-0.3, -0.25) is 4.99 Å². The van der Waals surface area contributed by atoms with Gasteiger partial charge in [0.15, 0.2) is 0 Å². The van der Waals surface area contributed by atoms with E-state index in [1.54, 1.807) is 11.0 Å². The van der Waals surface area contributed by atoms with Crippen LogP contribution in [0.25, 0.3) is 0 Å². The monoisotopic (exact) mass is 344 g/mol. The predicted octanol–water partition coefficient (Wildman–Crippen LogP) is 3.07. The number of aliphatic imine (C=N–C) groups is 1. The van der Waals surface area contributed by atoms with Crippen LogP contribution in [-0.4, -0.2) is 40.8 Å². The van der Waals surface area contributed by atoms with Crippen LogP contribution < -0.4 is 9.64 Å². The topological polar surface area (TPSA) is 50.6 Å². The third-order valence-corrected chi connectivity index (χ3v) is 4.18. The highest BCUT2D eigenvalue weighted by Gasteiger charge is 2.44. The van der Waals surface area contributed by atoms with E-state index in [2.05, 4.69) is 15.0 Å². The summed E-state index contributed by atoms with van der Waals surface area (Å²) in [5.41, 5.74) is 3.46. The number of hydrogen-bond donors (Lipinski definition) is 0. The molecular weight excluding hydrogens is 326 g/mol. The zero-order valence-electron chi connectivity index (χ0n) is 14.0. The molecule has 0 atom stereocenters. The molecule has 1 aromatic heterocycles. The summed E-state index contributed by atoms with van der Waals surface area (Å²) < 4.78 is 32.0. The third kappa shape index (κ3) is 3.06. The minimum absolute atomic E-state index is 0.0820. The molecule has 130 valence electrons. The van der Waals surface area contributed by atoms with E-state index in [0.717, 1.165) is 22.6 Å². The van der Waals surface area contributed by atoms with Crippen molar-refractivity contribution in [1.29, 1.82) is 0 Å². The van der Waals surface area contributed by atoms with E-state index in [9.17, 15) is 8.78 Å². The van der Waals surface area contributed by atoms with Crippen molar-refractivity contribution in [1.82, 2.24) is 9.97 Å². The van der Waals surface area contributed by atoms with Crippen molar-refractivity contribution < 1.29 is 13.5 Å². The van der Waals surface area contributed by atoms with Gasteiger partial charge >= 0.3 is 0 Å². The molecule has 0 N–H and O–H groups in total. The Morgan fingerprint density at radius 3 is 2.68 bits per heavy atom. The van der Waals surface area contributed by atoms with Gasteiger partial charge in [-0.05, 0) is 31.5 Å². The van der Waals surface area contributed by atoms with Gasteiger partial charge in [0.2, 0.25) is 0 Å². The molecule has 1 aromatic carbocycles. The molecule has 5 nitrogen and oxygen atoms in total. The van der Waals surface area contributed by atoms with Gasteiger partial charge in [-0.2, -0.15) is 0 Å². The molecule has 0 saturated carbocycles. The van der Waals surface area contributed by atoms with Crippen LogP contribution in [0.5, 0.6) is 5.75 Å². The molecule has 3 heterocycles. The number of hydrogen-bond acceptors (Lipinski definition) is 5. The molecule has 2 aromatic rings. The van der Waals surface area contributed by atoms with Crippen molar-refractivity contribution >= 4 is 11.5 Å². The molecule has 1 fully saturated rings. The Morgan fingerprint density at radius 2 is 1.96 bits per heavy atom. The standard InChI is InChI=1S/C18H18F2N4O/c1-11(2)25-13-4-3-12-7-21-17(14(12)5-13)15-6-16(23-10-22-15)24-8-18(19,20)9-24/h3-6,10-11H,7-9H2,1-2H3. The van der Waals surface area contributed by atoms with Crippen molar-refractivity contribution in [2.75, 3.05) is 18.0 Å². The molecule has 0 amide bonds. The zero-order valence-corrected chi connectivity index (χ0v) is 14.0. The molecule has 0 radical (unpaired) electrons. The first-order valence-corrected chi connectivity index (χ1v) is 8.21. The molecular formula is C18H18F2N4O. The van der Waals surface area contributed by atoms with E-state index in [1.165, 1.54) is 6.33 Å². The third-order valence-electron chi connectivity index (χ3n) is 4.18. The van der Waals surface area contributed by atoms with E-state index in [4.69, 9.17) is 4.74 Å².